The number of fused-ring (bicyclic) bond motifs is 1. The lowest BCUT2D eigenvalue weighted by Gasteiger charge is -2.33. The van der Waals surface area contributed by atoms with E-state index in [9.17, 15) is 5.11 Å². The molecule has 3 heterocycles. The molecule has 1 fully saturated rings. The van der Waals surface area contributed by atoms with Gasteiger partial charge in [0.2, 0.25) is 0 Å². The van der Waals surface area contributed by atoms with Gasteiger partial charge in [0.25, 0.3) is 0 Å². The molecule has 130 valence electrons. The number of aliphatic hydroxyl groups is 1. The van der Waals surface area contributed by atoms with Crippen LogP contribution in [0.2, 0.25) is 0 Å². The van der Waals surface area contributed by atoms with Crippen molar-refractivity contribution in [1.82, 2.24) is 19.7 Å². The Morgan fingerprint density at radius 2 is 1.88 bits per heavy atom. The number of aliphatic hydroxyl groups excluding tert-OH is 1. The average molecular weight is 337 g/mol. The van der Waals surface area contributed by atoms with Crippen LogP contribution >= 0.6 is 0 Å². The Balaban J connectivity index is 1.46. The molecule has 1 aromatic carbocycles. The van der Waals surface area contributed by atoms with Crippen LogP contribution in [0.1, 0.15) is 24.0 Å². The Hall–Kier alpha value is -2.47. The van der Waals surface area contributed by atoms with Crippen LogP contribution < -0.4 is 4.90 Å². The third-order valence-electron chi connectivity index (χ3n) is 5.22. The Morgan fingerprint density at radius 3 is 2.64 bits per heavy atom. The largest absolute Gasteiger partial charge is 0.392 e. The summed E-state index contributed by atoms with van der Waals surface area (Å²) in [7, 11) is 1.91. The van der Waals surface area contributed by atoms with Crippen LogP contribution in [0.25, 0.3) is 11.0 Å². The molecule has 0 aliphatic carbocycles. The highest BCUT2D eigenvalue weighted by molar-refractivity contribution is 5.86. The fourth-order valence-corrected chi connectivity index (χ4v) is 3.77. The number of hydrogen-bond donors (Lipinski definition) is 1. The van der Waals surface area contributed by atoms with Gasteiger partial charge in [0.1, 0.15) is 12.1 Å². The molecule has 1 saturated heterocycles. The maximum atomic E-state index is 9.51. The molecular formula is C19H23N5O. The van der Waals surface area contributed by atoms with Gasteiger partial charge in [-0.1, -0.05) is 24.3 Å². The molecule has 3 aromatic rings. The zero-order chi connectivity index (χ0) is 17.2. The molecule has 1 aliphatic rings. The van der Waals surface area contributed by atoms with Crippen molar-refractivity contribution < 1.29 is 5.11 Å². The highest BCUT2D eigenvalue weighted by Crippen LogP contribution is 2.29. The maximum absolute atomic E-state index is 9.51. The number of benzene rings is 1. The van der Waals surface area contributed by atoms with Crippen molar-refractivity contribution in [1.29, 1.82) is 0 Å². The first-order chi connectivity index (χ1) is 12.3. The standard InChI is InChI=1S/C19H23N5O/c1-23-18-17(11-22-23)19(21-13-20-18)24-8-6-14(7-9-24)10-15-4-2-3-5-16(15)12-25/h2-5,11,13-14,25H,6-10,12H2,1H3. The van der Waals surface area contributed by atoms with E-state index in [1.54, 1.807) is 11.0 Å². The van der Waals surface area contributed by atoms with Gasteiger partial charge in [-0.3, -0.25) is 4.68 Å². The average Bonchev–Trinajstić information content (AvgIpc) is 3.04. The minimum absolute atomic E-state index is 0.120. The van der Waals surface area contributed by atoms with Gasteiger partial charge in [0, 0.05) is 20.1 Å². The van der Waals surface area contributed by atoms with Gasteiger partial charge in [-0.25, -0.2) is 9.97 Å². The normalized spacial score (nSPS) is 15.8. The van der Waals surface area contributed by atoms with Crippen LogP contribution in [-0.4, -0.2) is 37.9 Å². The van der Waals surface area contributed by atoms with Gasteiger partial charge in [-0.2, -0.15) is 5.10 Å². The van der Waals surface area contributed by atoms with E-state index in [1.165, 1.54) is 5.56 Å². The monoisotopic (exact) mass is 337 g/mol. The zero-order valence-electron chi connectivity index (χ0n) is 14.5. The van der Waals surface area contributed by atoms with E-state index in [1.807, 2.05) is 25.4 Å². The Kier molecular flexibility index (Phi) is 4.36. The zero-order valence-corrected chi connectivity index (χ0v) is 14.5. The lowest BCUT2D eigenvalue weighted by Crippen LogP contribution is -2.35. The Bertz CT molecular complexity index is 867. The molecule has 0 amide bonds. The predicted molar refractivity (Wildman–Crippen MR) is 97.3 cm³/mol. The second-order valence-electron chi connectivity index (χ2n) is 6.76. The number of hydrogen-bond acceptors (Lipinski definition) is 5. The fraction of sp³-hybridized carbons (Fsp3) is 0.421. The summed E-state index contributed by atoms with van der Waals surface area (Å²) in [6.45, 7) is 2.11. The van der Waals surface area contributed by atoms with E-state index in [2.05, 4.69) is 32.1 Å². The van der Waals surface area contributed by atoms with Crippen molar-refractivity contribution in [3.63, 3.8) is 0 Å². The lowest BCUT2D eigenvalue weighted by atomic mass is 9.88. The molecule has 0 radical (unpaired) electrons. The van der Waals surface area contributed by atoms with E-state index in [0.29, 0.717) is 5.92 Å². The van der Waals surface area contributed by atoms with Crippen LogP contribution in [0.4, 0.5) is 5.82 Å². The first-order valence-electron chi connectivity index (χ1n) is 8.81. The van der Waals surface area contributed by atoms with Gasteiger partial charge >= 0.3 is 0 Å². The van der Waals surface area contributed by atoms with Gasteiger partial charge in [0.05, 0.1) is 18.2 Å². The molecule has 0 saturated carbocycles. The molecule has 0 atom stereocenters. The molecule has 0 unspecified atom stereocenters. The van der Waals surface area contributed by atoms with Crippen molar-refractivity contribution in [2.45, 2.75) is 25.9 Å². The third kappa shape index (κ3) is 3.09. The molecule has 4 rings (SSSR count). The molecule has 25 heavy (non-hydrogen) atoms. The topological polar surface area (TPSA) is 67.1 Å². The minimum atomic E-state index is 0.120. The highest BCUT2D eigenvalue weighted by Gasteiger charge is 2.23. The smallest absolute Gasteiger partial charge is 0.163 e. The fourth-order valence-electron chi connectivity index (χ4n) is 3.77. The van der Waals surface area contributed by atoms with Crippen molar-refractivity contribution in [2.75, 3.05) is 18.0 Å². The number of aryl methyl sites for hydroxylation is 1. The number of rotatable bonds is 4. The van der Waals surface area contributed by atoms with E-state index in [0.717, 1.165) is 54.8 Å². The summed E-state index contributed by atoms with van der Waals surface area (Å²) in [5.41, 5.74) is 3.21. The van der Waals surface area contributed by atoms with Gasteiger partial charge < -0.3 is 10.0 Å². The first kappa shape index (κ1) is 16.0. The molecule has 6 nitrogen and oxygen atoms in total. The third-order valence-corrected chi connectivity index (χ3v) is 5.22. The second-order valence-corrected chi connectivity index (χ2v) is 6.76. The van der Waals surface area contributed by atoms with Gasteiger partial charge in [-0.15, -0.1) is 0 Å². The molecule has 2 aromatic heterocycles. The summed E-state index contributed by atoms with van der Waals surface area (Å²) in [5.74, 6) is 1.64. The quantitative estimate of drug-likeness (QED) is 0.791. The van der Waals surface area contributed by atoms with E-state index >= 15 is 0 Å². The van der Waals surface area contributed by atoms with E-state index < -0.39 is 0 Å². The molecule has 1 aliphatic heterocycles. The Morgan fingerprint density at radius 1 is 1.12 bits per heavy atom. The summed E-state index contributed by atoms with van der Waals surface area (Å²) in [6, 6.07) is 8.21. The Labute approximate surface area is 147 Å². The number of piperidine rings is 1. The molecule has 0 spiro atoms. The van der Waals surface area contributed by atoms with Crippen LogP contribution in [0.15, 0.2) is 36.8 Å². The molecule has 0 bridgehead atoms. The number of anilines is 1. The van der Waals surface area contributed by atoms with Crippen LogP contribution in [-0.2, 0) is 20.1 Å². The molecule has 6 heteroatoms. The summed E-state index contributed by atoms with van der Waals surface area (Å²) in [6.07, 6.45) is 6.78. The van der Waals surface area contributed by atoms with Crippen molar-refractivity contribution in [2.24, 2.45) is 13.0 Å². The SMILES string of the molecule is Cn1ncc2c(N3CCC(Cc4ccccc4CO)CC3)ncnc21. The molecule has 1 N–H and O–H groups in total. The number of nitrogens with zero attached hydrogens (tertiary/aromatic N) is 5. The molecular weight excluding hydrogens is 314 g/mol. The summed E-state index contributed by atoms with van der Waals surface area (Å²) in [4.78, 5) is 11.2. The van der Waals surface area contributed by atoms with Crippen molar-refractivity contribution >= 4 is 16.9 Å². The van der Waals surface area contributed by atoms with Crippen molar-refractivity contribution in [3.05, 3.63) is 47.9 Å². The number of aromatic nitrogens is 4. The van der Waals surface area contributed by atoms with Gasteiger partial charge in [-0.05, 0) is 36.3 Å². The predicted octanol–water partition coefficient (Wildman–Crippen LogP) is 2.31. The van der Waals surface area contributed by atoms with Crippen LogP contribution in [0, 0.1) is 5.92 Å². The minimum Gasteiger partial charge on any atom is -0.392 e. The summed E-state index contributed by atoms with van der Waals surface area (Å²) in [5, 5.41) is 14.8. The van der Waals surface area contributed by atoms with E-state index in [-0.39, 0.29) is 6.61 Å². The second kappa shape index (κ2) is 6.80. The summed E-state index contributed by atoms with van der Waals surface area (Å²) < 4.78 is 1.79. The van der Waals surface area contributed by atoms with Crippen molar-refractivity contribution in [3.8, 4) is 0 Å². The van der Waals surface area contributed by atoms with Crippen LogP contribution in [0.5, 0.6) is 0 Å². The summed E-state index contributed by atoms with van der Waals surface area (Å²) >= 11 is 0. The maximum Gasteiger partial charge on any atom is 0.163 e. The lowest BCUT2D eigenvalue weighted by molar-refractivity contribution is 0.279. The van der Waals surface area contributed by atoms with Crippen LogP contribution in [0.3, 0.4) is 0 Å². The van der Waals surface area contributed by atoms with E-state index in [4.69, 9.17) is 0 Å². The van der Waals surface area contributed by atoms with Gasteiger partial charge in [0.15, 0.2) is 5.65 Å². The first-order valence-corrected chi connectivity index (χ1v) is 8.81. The highest BCUT2D eigenvalue weighted by atomic mass is 16.3.